The summed E-state index contributed by atoms with van der Waals surface area (Å²) >= 11 is 0. The third-order valence-electron chi connectivity index (χ3n) is 19.0. The molecule has 0 saturated carbocycles. The molecule has 0 aromatic rings. The number of phosphoric acid groups is 2. The second-order valence-corrected chi connectivity index (χ2v) is 32.5. The van der Waals surface area contributed by atoms with E-state index in [1.54, 1.807) is 0 Å². The Bertz CT molecular complexity index is 1910. The van der Waals surface area contributed by atoms with Crippen LogP contribution in [0.5, 0.6) is 0 Å². The van der Waals surface area contributed by atoms with Crippen LogP contribution >= 0.6 is 15.6 Å². The zero-order chi connectivity index (χ0) is 73.4. The van der Waals surface area contributed by atoms with E-state index in [0.717, 1.165) is 95.8 Å². The number of unbranched alkanes of at least 4 members (excludes halogenated alkanes) is 53. The van der Waals surface area contributed by atoms with Crippen molar-refractivity contribution in [3.05, 3.63) is 0 Å². The van der Waals surface area contributed by atoms with E-state index in [-0.39, 0.29) is 25.7 Å². The zero-order valence-corrected chi connectivity index (χ0v) is 67.1. The monoisotopic (exact) mass is 1470 g/mol. The average Bonchev–Trinajstić information content (AvgIpc) is 0.943. The molecule has 0 heterocycles. The Morgan fingerprint density at radius 3 is 0.680 bits per heavy atom. The third-order valence-corrected chi connectivity index (χ3v) is 20.9. The Kier molecular flexibility index (Phi) is 72.5. The van der Waals surface area contributed by atoms with Gasteiger partial charge in [0.15, 0.2) is 12.2 Å². The molecule has 594 valence electrons. The van der Waals surface area contributed by atoms with Crippen LogP contribution in [0.25, 0.3) is 0 Å². The van der Waals surface area contributed by atoms with Crippen LogP contribution < -0.4 is 0 Å². The highest BCUT2D eigenvalue weighted by Gasteiger charge is 2.30. The molecular formula is C81H158O17P2. The van der Waals surface area contributed by atoms with Crippen LogP contribution in [-0.4, -0.2) is 96.7 Å². The van der Waals surface area contributed by atoms with Gasteiger partial charge in [-0.1, -0.05) is 381 Å². The van der Waals surface area contributed by atoms with Gasteiger partial charge in [0.1, 0.15) is 19.3 Å². The fourth-order valence-corrected chi connectivity index (χ4v) is 14.2. The first-order chi connectivity index (χ1) is 48.5. The van der Waals surface area contributed by atoms with Gasteiger partial charge in [0, 0.05) is 25.7 Å². The van der Waals surface area contributed by atoms with Crippen LogP contribution in [0.4, 0.5) is 0 Å². The summed E-state index contributed by atoms with van der Waals surface area (Å²) in [6, 6.07) is 0. The Balaban J connectivity index is 5.20. The quantitative estimate of drug-likeness (QED) is 0.0222. The van der Waals surface area contributed by atoms with Crippen molar-refractivity contribution in [1.82, 2.24) is 0 Å². The Labute approximate surface area is 613 Å². The lowest BCUT2D eigenvalue weighted by atomic mass is 10.0. The molecule has 19 heteroatoms. The van der Waals surface area contributed by atoms with Crippen molar-refractivity contribution in [3.63, 3.8) is 0 Å². The molecule has 2 unspecified atom stereocenters. The van der Waals surface area contributed by atoms with Gasteiger partial charge in [-0.3, -0.25) is 37.3 Å². The number of aliphatic hydroxyl groups excluding tert-OH is 1. The first-order valence-corrected chi connectivity index (χ1v) is 45.1. The zero-order valence-electron chi connectivity index (χ0n) is 65.3. The lowest BCUT2D eigenvalue weighted by Gasteiger charge is -2.21. The Hall–Kier alpha value is -1.94. The molecule has 0 saturated heterocycles. The Morgan fingerprint density at radius 1 is 0.270 bits per heavy atom. The summed E-state index contributed by atoms with van der Waals surface area (Å²) < 4.78 is 68.7. The normalized spacial score (nSPS) is 13.8. The minimum absolute atomic E-state index is 0.109. The van der Waals surface area contributed by atoms with E-state index >= 15 is 0 Å². The number of carbonyl (C=O) groups is 4. The highest BCUT2D eigenvalue weighted by atomic mass is 31.2. The molecule has 0 amide bonds. The molecule has 17 nitrogen and oxygen atoms in total. The van der Waals surface area contributed by atoms with E-state index in [2.05, 4.69) is 34.6 Å². The van der Waals surface area contributed by atoms with Gasteiger partial charge >= 0.3 is 39.5 Å². The van der Waals surface area contributed by atoms with Crippen LogP contribution in [-0.2, 0) is 65.4 Å². The largest absolute Gasteiger partial charge is 0.472 e. The standard InChI is InChI=1S/C81H158O17P2/c1-6-9-12-15-18-21-23-25-27-29-31-33-39-43-47-52-57-62-67-81(86)98-77(71-92-79(84)65-60-55-50-45-41-37-35-34-36-40-44-48-53-58-63-74(4)5)73-96-100(89,90)94-69-75(82)68-93-99(87,88)95-72-76(70-91-78(83)64-59-54-49-20-17-14-11-8-3)97-80(85)66-61-56-51-46-42-38-32-30-28-26-24-22-19-16-13-10-7-2/h74-77,82H,6-73H2,1-5H3,(H,87,88)(H,89,90)/t75-,76+,77+/m0/s1. The summed E-state index contributed by atoms with van der Waals surface area (Å²) in [5.74, 6) is -1.31. The minimum atomic E-state index is -4.96. The molecule has 3 N–H and O–H groups in total. The molecule has 0 spiro atoms. The van der Waals surface area contributed by atoms with Gasteiger partial charge in [-0.15, -0.1) is 0 Å². The van der Waals surface area contributed by atoms with Crippen molar-refractivity contribution in [2.24, 2.45) is 5.92 Å². The maximum atomic E-state index is 13.1. The van der Waals surface area contributed by atoms with Crippen molar-refractivity contribution < 1.29 is 80.2 Å². The Morgan fingerprint density at radius 2 is 0.460 bits per heavy atom. The van der Waals surface area contributed by atoms with E-state index in [1.165, 1.54) is 257 Å². The van der Waals surface area contributed by atoms with Crippen LogP contribution in [0.3, 0.4) is 0 Å². The molecule has 0 radical (unpaired) electrons. The van der Waals surface area contributed by atoms with Crippen LogP contribution in [0.2, 0.25) is 0 Å². The third kappa shape index (κ3) is 74.3. The van der Waals surface area contributed by atoms with E-state index in [9.17, 15) is 43.2 Å². The molecule has 100 heavy (non-hydrogen) atoms. The molecule has 5 atom stereocenters. The number of aliphatic hydroxyl groups is 1. The fourth-order valence-electron chi connectivity index (χ4n) is 12.6. The first-order valence-electron chi connectivity index (χ1n) is 42.1. The average molecular weight is 1470 g/mol. The van der Waals surface area contributed by atoms with Crippen LogP contribution in [0, 0.1) is 5.92 Å². The number of esters is 4. The van der Waals surface area contributed by atoms with Gasteiger partial charge in [0.2, 0.25) is 0 Å². The van der Waals surface area contributed by atoms with E-state index in [4.69, 9.17) is 37.0 Å². The molecule has 0 rings (SSSR count). The fraction of sp³-hybridized carbons (Fsp3) is 0.951. The van der Waals surface area contributed by atoms with Crippen molar-refractivity contribution in [3.8, 4) is 0 Å². The number of carbonyl (C=O) groups excluding carboxylic acids is 4. The molecule has 0 aliphatic carbocycles. The SMILES string of the molecule is CCCCCCCCCCCCCCCCCCCCC(=O)O[C@H](COC(=O)CCCCCCCCCCCCCCCCC(C)C)COP(=O)(O)OC[C@@H](O)COP(=O)(O)OC[C@@H](COC(=O)CCCCCCCCCC)OC(=O)CCCCCCCCCCCCCCCCCCC. The van der Waals surface area contributed by atoms with Gasteiger partial charge in [-0.05, 0) is 31.6 Å². The topological polar surface area (TPSA) is 237 Å². The van der Waals surface area contributed by atoms with Crippen molar-refractivity contribution >= 4 is 39.5 Å². The second kappa shape index (κ2) is 73.9. The number of hydrogen-bond donors (Lipinski definition) is 3. The number of phosphoric ester groups is 2. The summed E-state index contributed by atoms with van der Waals surface area (Å²) in [7, 11) is -9.92. The number of rotatable bonds is 81. The summed E-state index contributed by atoms with van der Waals surface area (Å²) in [6.07, 6.45) is 65.2. The lowest BCUT2D eigenvalue weighted by molar-refractivity contribution is -0.161. The predicted octanol–water partition coefficient (Wildman–Crippen LogP) is 24.4. The van der Waals surface area contributed by atoms with Gasteiger partial charge in [-0.2, -0.15) is 0 Å². The van der Waals surface area contributed by atoms with Crippen LogP contribution in [0.1, 0.15) is 433 Å². The number of ether oxygens (including phenoxy) is 4. The summed E-state index contributed by atoms with van der Waals surface area (Å²) in [5, 5.41) is 10.6. The highest BCUT2D eigenvalue weighted by molar-refractivity contribution is 7.47. The highest BCUT2D eigenvalue weighted by Crippen LogP contribution is 2.45. The van der Waals surface area contributed by atoms with Crippen LogP contribution in [0.15, 0.2) is 0 Å². The van der Waals surface area contributed by atoms with E-state index in [0.29, 0.717) is 25.7 Å². The van der Waals surface area contributed by atoms with Crippen molar-refractivity contribution in [2.45, 2.75) is 451 Å². The maximum Gasteiger partial charge on any atom is 0.472 e. The molecule has 0 aromatic carbocycles. The molecule has 0 fully saturated rings. The summed E-state index contributed by atoms with van der Waals surface area (Å²) in [4.78, 5) is 72.9. The predicted molar refractivity (Wildman–Crippen MR) is 409 cm³/mol. The van der Waals surface area contributed by atoms with Gasteiger partial charge in [0.25, 0.3) is 0 Å². The van der Waals surface area contributed by atoms with Gasteiger partial charge in [0.05, 0.1) is 26.4 Å². The van der Waals surface area contributed by atoms with E-state index in [1.807, 2.05) is 0 Å². The van der Waals surface area contributed by atoms with Gasteiger partial charge in [-0.25, -0.2) is 9.13 Å². The molecule has 0 aromatic heterocycles. The molecule has 0 aliphatic rings. The van der Waals surface area contributed by atoms with Crippen molar-refractivity contribution in [1.29, 1.82) is 0 Å². The molecule has 0 aliphatic heterocycles. The number of hydrogen-bond acceptors (Lipinski definition) is 15. The summed E-state index contributed by atoms with van der Waals surface area (Å²) in [5.41, 5.74) is 0. The first kappa shape index (κ1) is 98.1. The lowest BCUT2D eigenvalue weighted by Crippen LogP contribution is -2.30. The van der Waals surface area contributed by atoms with Crippen molar-refractivity contribution in [2.75, 3.05) is 39.6 Å². The second-order valence-electron chi connectivity index (χ2n) is 29.6. The maximum absolute atomic E-state index is 13.1. The van der Waals surface area contributed by atoms with Gasteiger partial charge < -0.3 is 33.8 Å². The smallest absolute Gasteiger partial charge is 0.462 e. The molecule has 0 bridgehead atoms. The minimum Gasteiger partial charge on any atom is -0.462 e. The van der Waals surface area contributed by atoms with E-state index < -0.39 is 97.5 Å². The molecular weight excluding hydrogens is 1310 g/mol. The summed E-state index contributed by atoms with van der Waals surface area (Å²) in [6.45, 7) is 7.34.